The summed E-state index contributed by atoms with van der Waals surface area (Å²) in [6, 6.07) is 15.3. The highest BCUT2D eigenvalue weighted by Crippen LogP contribution is 2.34. The molecule has 4 rings (SSSR count). The van der Waals surface area contributed by atoms with E-state index in [1.54, 1.807) is 12.1 Å². The number of ether oxygens (including phenoxy) is 2. The molecule has 0 aliphatic carbocycles. The summed E-state index contributed by atoms with van der Waals surface area (Å²) in [5.41, 5.74) is 2.89. The molecule has 2 aromatic carbocycles. The van der Waals surface area contributed by atoms with Crippen molar-refractivity contribution in [2.75, 3.05) is 13.2 Å². The second kappa shape index (κ2) is 9.24. The summed E-state index contributed by atoms with van der Waals surface area (Å²) in [4.78, 5) is 13.2. The van der Waals surface area contributed by atoms with Gasteiger partial charge in [0.1, 0.15) is 18.1 Å². The molecule has 0 saturated carbocycles. The van der Waals surface area contributed by atoms with E-state index >= 15 is 0 Å². The molecule has 3 aromatic rings. The van der Waals surface area contributed by atoms with Gasteiger partial charge in [0.25, 0.3) is 5.91 Å². The smallest absolute Gasteiger partial charge is 0.252 e. The highest BCUT2D eigenvalue weighted by molar-refractivity contribution is 9.10. The van der Waals surface area contributed by atoms with E-state index in [-0.39, 0.29) is 5.91 Å². The molecule has 0 spiro atoms. The molecule has 162 valence electrons. The van der Waals surface area contributed by atoms with Crippen LogP contribution in [0.2, 0.25) is 0 Å². The van der Waals surface area contributed by atoms with Crippen LogP contribution >= 0.6 is 15.9 Å². The van der Waals surface area contributed by atoms with Gasteiger partial charge in [-0.05, 0) is 62.6 Å². The Morgan fingerprint density at radius 2 is 1.94 bits per heavy atom. The Kier molecular flexibility index (Phi) is 6.43. The second-order valence-corrected chi connectivity index (χ2v) is 8.69. The van der Waals surface area contributed by atoms with E-state index in [0.29, 0.717) is 31.1 Å². The molecule has 31 heavy (non-hydrogen) atoms. The number of nitrogens with zero attached hydrogens (tertiary/aromatic N) is 1. The zero-order chi connectivity index (χ0) is 21.8. The van der Waals surface area contributed by atoms with E-state index in [2.05, 4.69) is 38.5 Å². The molecule has 1 N–H and O–H groups in total. The van der Waals surface area contributed by atoms with Crippen molar-refractivity contribution < 1.29 is 18.8 Å². The van der Waals surface area contributed by atoms with Gasteiger partial charge in [0.2, 0.25) is 0 Å². The van der Waals surface area contributed by atoms with Gasteiger partial charge in [0.05, 0.1) is 16.8 Å². The predicted molar refractivity (Wildman–Crippen MR) is 120 cm³/mol. The van der Waals surface area contributed by atoms with Crippen molar-refractivity contribution in [3.8, 4) is 5.75 Å². The summed E-state index contributed by atoms with van der Waals surface area (Å²) in [6.45, 7) is 5.29. The van der Waals surface area contributed by atoms with Crippen LogP contribution in [-0.4, -0.2) is 24.3 Å². The van der Waals surface area contributed by atoms with E-state index in [4.69, 9.17) is 14.0 Å². The van der Waals surface area contributed by atoms with Gasteiger partial charge in [0, 0.05) is 23.2 Å². The Morgan fingerprint density at radius 3 is 2.65 bits per heavy atom. The van der Waals surface area contributed by atoms with Crippen molar-refractivity contribution in [3.05, 3.63) is 81.1 Å². The highest BCUT2D eigenvalue weighted by Gasteiger charge is 2.36. The molecule has 0 bridgehead atoms. The van der Waals surface area contributed by atoms with Crippen LogP contribution in [0.5, 0.6) is 5.75 Å². The molecule has 0 atom stereocenters. The number of rotatable bonds is 6. The van der Waals surface area contributed by atoms with Crippen LogP contribution in [0.1, 0.15) is 45.8 Å². The van der Waals surface area contributed by atoms with E-state index in [1.165, 1.54) is 0 Å². The number of nitrogens with one attached hydrogen (secondary N) is 1. The quantitative estimate of drug-likeness (QED) is 0.528. The number of benzene rings is 2. The van der Waals surface area contributed by atoms with Crippen molar-refractivity contribution in [1.82, 2.24) is 10.5 Å². The van der Waals surface area contributed by atoms with Gasteiger partial charge in [-0.1, -0.05) is 39.3 Å². The lowest BCUT2D eigenvalue weighted by atomic mass is 9.82. The number of amides is 1. The largest absolute Gasteiger partial charge is 0.489 e. The molecular formula is C24H25BrN2O4. The fourth-order valence-electron chi connectivity index (χ4n) is 3.87. The molecule has 1 amide bonds. The van der Waals surface area contributed by atoms with Gasteiger partial charge in [-0.2, -0.15) is 0 Å². The van der Waals surface area contributed by atoms with Gasteiger partial charge < -0.3 is 19.3 Å². The zero-order valence-corrected chi connectivity index (χ0v) is 19.2. The fourth-order valence-corrected chi connectivity index (χ4v) is 4.27. The van der Waals surface area contributed by atoms with Crippen LogP contribution in [-0.2, 0) is 16.9 Å². The summed E-state index contributed by atoms with van der Waals surface area (Å²) in [7, 11) is 0. The molecular weight excluding hydrogens is 460 g/mol. The standard InChI is InChI=1S/C24H25BrN2O4/c1-16-22(17(2)31-27-16)15-30-21-8-3-5-18(13-21)23(28)26-24(9-11-29-12-10-24)19-6-4-7-20(25)14-19/h3-8,13-14H,9-12,15H2,1-2H3,(H,26,28). The first-order valence-electron chi connectivity index (χ1n) is 10.3. The van der Waals surface area contributed by atoms with Gasteiger partial charge in [-0.3, -0.25) is 4.79 Å². The molecule has 7 heteroatoms. The first-order chi connectivity index (χ1) is 15.0. The summed E-state index contributed by atoms with van der Waals surface area (Å²) in [5, 5.41) is 7.24. The van der Waals surface area contributed by atoms with Crippen LogP contribution in [0.25, 0.3) is 0 Å². The number of hydrogen-bond acceptors (Lipinski definition) is 5. The number of halogens is 1. The normalized spacial score (nSPS) is 15.5. The number of aromatic nitrogens is 1. The zero-order valence-electron chi connectivity index (χ0n) is 17.6. The number of hydrogen-bond donors (Lipinski definition) is 1. The van der Waals surface area contributed by atoms with Crippen molar-refractivity contribution in [1.29, 1.82) is 0 Å². The van der Waals surface area contributed by atoms with Crippen molar-refractivity contribution in [2.45, 2.75) is 38.8 Å². The Labute approximate surface area is 190 Å². The van der Waals surface area contributed by atoms with Crippen LogP contribution in [0.15, 0.2) is 57.5 Å². The maximum Gasteiger partial charge on any atom is 0.252 e. The minimum absolute atomic E-state index is 0.135. The number of carbonyl (C=O) groups excluding carboxylic acids is 1. The van der Waals surface area contributed by atoms with Crippen molar-refractivity contribution in [3.63, 3.8) is 0 Å². The first-order valence-corrected chi connectivity index (χ1v) is 11.1. The average molecular weight is 485 g/mol. The molecule has 2 heterocycles. The van der Waals surface area contributed by atoms with E-state index in [0.717, 1.165) is 39.9 Å². The summed E-state index contributed by atoms with van der Waals surface area (Å²) in [5.74, 6) is 1.22. The number of aryl methyl sites for hydroxylation is 2. The van der Waals surface area contributed by atoms with Crippen molar-refractivity contribution in [2.24, 2.45) is 0 Å². The molecule has 1 saturated heterocycles. The van der Waals surface area contributed by atoms with Crippen molar-refractivity contribution >= 4 is 21.8 Å². The van der Waals surface area contributed by atoms with E-state index in [9.17, 15) is 4.79 Å². The second-order valence-electron chi connectivity index (χ2n) is 7.78. The van der Waals surface area contributed by atoms with E-state index < -0.39 is 5.54 Å². The van der Waals surface area contributed by atoms with Gasteiger partial charge in [-0.25, -0.2) is 0 Å². The van der Waals surface area contributed by atoms with Gasteiger partial charge >= 0.3 is 0 Å². The first kappa shape index (κ1) is 21.6. The Hall–Kier alpha value is -2.64. The molecule has 0 unspecified atom stereocenters. The molecule has 1 aliphatic heterocycles. The van der Waals surface area contributed by atoms with Crippen LogP contribution in [0.4, 0.5) is 0 Å². The summed E-state index contributed by atoms with van der Waals surface area (Å²) >= 11 is 3.55. The lowest BCUT2D eigenvalue weighted by molar-refractivity contribution is 0.0345. The lowest BCUT2D eigenvalue weighted by Crippen LogP contribution is -2.49. The van der Waals surface area contributed by atoms with Crippen LogP contribution in [0.3, 0.4) is 0 Å². The minimum atomic E-state index is -0.466. The third-order valence-corrected chi connectivity index (χ3v) is 6.23. The minimum Gasteiger partial charge on any atom is -0.489 e. The third kappa shape index (κ3) is 4.83. The Balaban J connectivity index is 1.52. The van der Waals surface area contributed by atoms with E-state index in [1.807, 2.05) is 38.1 Å². The SMILES string of the molecule is Cc1noc(C)c1COc1cccc(C(=O)NC2(c3cccc(Br)c3)CCOCC2)c1. The molecule has 1 aromatic heterocycles. The molecule has 1 fully saturated rings. The third-order valence-electron chi connectivity index (χ3n) is 5.74. The van der Waals surface area contributed by atoms with Gasteiger partial charge in [0.15, 0.2) is 0 Å². The topological polar surface area (TPSA) is 73.6 Å². The summed E-state index contributed by atoms with van der Waals surface area (Å²) < 4.78 is 17.7. The van der Waals surface area contributed by atoms with Crippen LogP contribution in [0, 0.1) is 13.8 Å². The molecule has 6 nitrogen and oxygen atoms in total. The number of carbonyl (C=O) groups is 1. The predicted octanol–water partition coefficient (Wildman–Crippen LogP) is 5.07. The fraction of sp³-hybridized carbons (Fsp3) is 0.333. The summed E-state index contributed by atoms with van der Waals surface area (Å²) in [6.07, 6.45) is 1.44. The molecule has 1 aliphatic rings. The Bertz CT molecular complexity index is 1050. The monoisotopic (exact) mass is 484 g/mol. The van der Waals surface area contributed by atoms with Crippen LogP contribution < -0.4 is 10.1 Å². The highest BCUT2D eigenvalue weighted by atomic mass is 79.9. The maximum atomic E-state index is 13.2. The lowest BCUT2D eigenvalue weighted by Gasteiger charge is -2.38. The Morgan fingerprint density at radius 1 is 1.16 bits per heavy atom. The van der Waals surface area contributed by atoms with Gasteiger partial charge in [-0.15, -0.1) is 0 Å². The maximum absolute atomic E-state index is 13.2. The average Bonchev–Trinajstić information content (AvgIpc) is 3.10. The molecule has 0 radical (unpaired) electrons.